The van der Waals surface area contributed by atoms with Gasteiger partial charge in [0.1, 0.15) is 5.01 Å². The van der Waals surface area contributed by atoms with Gasteiger partial charge in [0.2, 0.25) is 0 Å². The number of benzene rings is 1. The van der Waals surface area contributed by atoms with Crippen LogP contribution in [0.2, 0.25) is 0 Å². The fourth-order valence-electron chi connectivity index (χ4n) is 1.57. The van der Waals surface area contributed by atoms with E-state index in [1.165, 1.54) is 4.88 Å². The highest BCUT2D eigenvalue weighted by molar-refractivity contribution is 9.10. The first-order valence-corrected chi connectivity index (χ1v) is 7.48. The van der Waals surface area contributed by atoms with Gasteiger partial charge in [0, 0.05) is 21.2 Å². The van der Waals surface area contributed by atoms with Crippen LogP contribution in [0.5, 0.6) is 0 Å². The van der Waals surface area contributed by atoms with Crippen molar-refractivity contribution in [2.24, 2.45) is 0 Å². The van der Waals surface area contributed by atoms with E-state index in [9.17, 15) is 4.79 Å². The van der Waals surface area contributed by atoms with Crippen LogP contribution in [0.1, 0.15) is 27.2 Å². The number of aryl methyl sites for hydroxylation is 1. The Morgan fingerprint density at radius 1 is 1.53 bits per heavy atom. The highest BCUT2D eigenvalue weighted by Gasteiger charge is 2.10. The summed E-state index contributed by atoms with van der Waals surface area (Å²) < 4.78 is 0.828. The van der Waals surface area contributed by atoms with Crippen molar-refractivity contribution in [2.75, 3.05) is 5.73 Å². The summed E-state index contributed by atoms with van der Waals surface area (Å²) in [7, 11) is 0. The highest BCUT2D eigenvalue weighted by atomic mass is 79.9. The van der Waals surface area contributed by atoms with Gasteiger partial charge in [-0.05, 0) is 24.6 Å². The lowest BCUT2D eigenvalue weighted by Gasteiger charge is -2.06. The lowest BCUT2D eigenvalue weighted by molar-refractivity contribution is 0.0951. The van der Waals surface area contributed by atoms with E-state index in [2.05, 4.69) is 33.2 Å². The maximum absolute atomic E-state index is 12.0. The van der Waals surface area contributed by atoms with Crippen molar-refractivity contribution in [1.29, 1.82) is 0 Å². The Bertz CT molecular complexity index is 597. The number of rotatable bonds is 4. The second-order valence-electron chi connectivity index (χ2n) is 3.99. The highest BCUT2D eigenvalue weighted by Crippen LogP contribution is 2.19. The minimum absolute atomic E-state index is 0.188. The molecule has 1 aromatic carbocycles. The molecule has 0 aliphatic heterocycles. The number of hydrogen-bond donors (Lipinski definition) is 2. The minimum Gasteiger partial charge on any atom is -0.398 e. The fourth-order valence-corrected chi connectivity index (χ4v) is 2.73. The smallest absolute Gasteiger partial charge is 0.253 e. The molecule has 0 unspecified atom stereocenters. The summed E-state index contributed by atoms with van der Waals surface area (Å²) in [5, 5.41) is 3.73. The zero-order valence-electron chi connectivity index (χ0n) is 10.4. The number of carbonyl (C=O) groups is 1. The van der Waals surface area contributed by atoms with Gasteiger partial charge in [-0.3, -0.25) is 4.79 Å². The van der Waals surface area contributed by atoms with E-state index in [1.807, 2.05) is 6.20 Å². The molecule has 0 saturated heterocycles. The monoisotopic (exact) mass is 339 g/mol. The number of nitrogens with one attached hydrogen (secondary N) is 1. The summed E-state index contributed by atoms with van der Waals surface area (Å²) in [4.78, 5) is 17.5. The van der Waals surface area contributed by atoms with Crippen molar-refractivity contribution >= 4 is 38.9 Å². The lowest BCUT2D eigenvalue weighted by Crippen LogP contribution is -2.23. The summed E-state index contributed by atoms with van der Waals surface area (Å²) >= 11 is 4.94. The molecular formula is C13H14BrN3OS. The average molecular weight is 340 g/mol. The summed E-state index contributed by atoms with van der Waals surface area (Å²) in [6, 6.07) is 5.22. The summed E-state index contributed by atoms with van der Waals surface area (Å²) in [5.74, 6) is -0.188. The number of amides is 1. The van der Waals surface area contributed by atoms with E-state index in [0.29, 0.717) is 17.8 Å². The Labute approximate surface area is 124 Å². The third-order valence-electron chi connectivity index (χ3n) is 2.61. The predicted molar refractivity (Wildman–Crippen MR) is 81.2 cm³/mol. The molecule has 1 aromatic heterocycles. The first-order chi connectivity index (χ1) is 9.10. The van der Waals surface area contributed by atoms with Crippen LogP contribution < -0.4 is 11.1 Å². The molecule has 2 rings (SSSR count). The molecule has 0 bridgehead atoms. The second kappa shape index (κ2) is 6.16. The first-order valence-electron chi connectivity index (χ1n) is 5.87. The quantitative estimate of drug-likeness (QED) is 0.841. The Kier molecular flexibility index (Phi) is 4.55. The Morgan fingerprint density at radius 3 is 3.00 bits per heavy atom. The molecule has 0 aliphatic rings. The van der Waals surface area contributed by atoms with Crippen LogP contribution in [0.15, 0.2) is 28.9 Å². The van der Waals surface area contributed by atoms with Crippen LogP contribution >= 0.6 is 27.3 Å². The molecule has 0 fully saturated rings. The van der Waals surface area contributed by atoms with Crippen molar-refractivity contribution in [1.82, 2.24) is 10.3 Å². The molecule has 0 saturated carbocycles. The van der Waals surface area contributed by atoms with Crippen molar-refractivity contribution in [3.63, 3.8) is 0 Å². The van der Waals surface area contributed by atoms with Gasteiger partial charge < -0.3 is 11.1 Å². The van der Waals surface area contributed by atoms with Gasteiger partial charge in [-0.25, -0.2) is 4.98 Å². The number of carbonyl (C=O) groups excluding carboxylic acids is 1. The number of nitrogen functional groups attached to an aromatic ring is 1. The van der Waals surface area contributed by atoms with Gasteiger partial charge >= 0.3 is 0 Å². The normalized spacial score (nSPS) is 10.4. The van der Waals surface area contributed by atoms with Crippen molar-refractivity contribution < 1.29 is 4.79 Å². The lowest BCUT2D eigenvalue weighted by atomic mass is 10.1. The Hall–Kier alpha value is -1.40. The third-order valence-corrected chi connectivity index (χ3v) is 4.24. The molecule has 19 heavy (non-hydrogen) atoms. The largest absolute Gasteiger partial charge is 0.398 e. The average Bonchev–Trinajstić information content (AvgIpc) is 2.87. The zero-order chi connectivity index (χ0) is 13.8. The van der Waals surface area contributed by atoms with E-state index >= 15 is 0 Å². The molecule has 0 atom stereocenters. The minimum atomic E-state index is -0.188. The Balaban J connectivity index is 2.03. The summed E-state index contributed by atoms with van der Waals surface area (Å²) in [6.07, 6.45) is 2.81. The molecule has 1 heterocycles. The van der Waals surface area contributed by atoms with Gasteiger partial charge in [0.25, 0.3) is 5.91 Å². The van der Waals surface area contributed by atoms with Crippen LogP contribution in [-0.2, 0) is 13.0 Å². The third kappa shape index (κ3) is 3.54. The molecule has 0 radical (unpaired) electrons. The van der Waals surface area contributed by atoms with Crippen LogP contribution in [0.25, 0.3) is 0 Å². The molecule has 100 valence electrons. The van der Waals surface area contributed by atoms with Crippen LogP contribution in [-0.4, -0.2) is 10.9 Å². The van der Waals surface area contributed by atoms with Crippen LogP contribution in [0, 0.1) is 0 Å². The summed E-state index contributed by atoms with van der Waals surface area (Å²) in [5.41, 5.74) is 6.73. The SMILES string of the molecule is CCc1cnc(CNC(=O)c2cc(Br)ccc2N)s1. The number of hydrogen-bond acceptors (Lipinski definition) is 4. The number of nitrogens with two attached hydrogens (primary N) is 1. The first kappa shape index (κ1) is 14.0. The molecule has 0 aliphatic carbocycles. The van der Waals surface area contributed by atoms with E-state index in [4.69, 9.17) is 5.73 Å². The van der Waals surface area contributed by atoms with E-state index in [-0.39, 0.29) is 5.91 Å². The van der Waals surface area contributed by atoms with Crippen molar-refractivity contribution in [2.45, 2.75) is 19.9 Å². The number of anilines is 1. The maximum atomic E-state index is 12.0. The van der Waals surface area contributed by atoms with Crippen LogP contribution in [0.4, 0.5) is 5.69 Å². The number of thiazole rings is 1. The van der Waals surface area contributed by atoms with Crippen molar-refractivity contribution in [3.05, 3.63) is 44.3 Å². The number of aromatic nitrogens is 1. The predicted octanol–water partition coefficient (Wildman–Crippen LogP) is 2.98. The maximum Gasteiger partial charge on any atom is 0.253 e. The molecule has 1 amide bonds. The van der Waals surface area contributed by atoms with E-state index in [0.717, 1.165) is 15.9 Å². The topological polar surface area (TPSA) is 68.0 Å². The molecule has 3 N–H and O–H groups in total. The standard InChI is InChI=1S/C13H14BrN3OS/c1-2-9-6-16-12(19-9)7-17-13(18)10-5-8(14)3-4-11(10)15/h3-6H,2,7,15H2,1H3,(H,17,18). The van der Waals surface area contributed by atoms with Gasteiger partial charge in [-0.15, -0.1) is 11.3 Å². The van der Waals surface area contributed by atoms with Gasteiger partial charge in [0.15, 0.2) is 0 Å². The van der Waals surface area contributed by atoms with Gasteiger partial charge in [0.05, 0.1) is 12.1 Å². The molecule has 6 heteroatoms. The van der Waals surface area contributed by atoms with Gasteiger partial charge in [-0.2, -0.15) is 0 Å². The molecular weight excluding hydrogens is 326 g/mol. The van der Waals surface area contributed by atoms with Gasteiger partial charge in [-0.1, -0.05) is 22.9 Å². The second-order valence-corrected chi connectivity index (χ2v) is 6.10. The molecule has 2 aromatic rings. The fraction of sp³-hybridized carbons (Fsp3) is 0.231. The Morgan fingerprint density at radius 2 is 2.32 bits per heavy atom. The molecule has 4 nitrogen and oxygen atoms in total. The number of halogens is 1. The van der Waals surface area contributed by atoms with E-state index in [1.54, 1.807) is 29.5 Å². The van der Waals surface area contributed by atoms with Crippen LogP contribution in [0.3, 0.4) is 0 Å². The number of nitrogens with zero attached hydrogens (tertiary/aromatic N) is 1. The molecule has 0 spiro atoms. The zero-order valence-corrected chi connectivity index (χ0v) is 12.8. The van der Waals surface area contributed by atoms with Crippen molar-refractivity contribution in [3.8, 4) is 0 Å². The van der Waals surface area contributed by atoms with E-state index < -0.39 is 0 Å². The summed E-state index contributed by atoms with van der Waals surface area (Å²) in [6.45, 7) is 2.51.